The molecule has 94 valence electrons. The van der Waals surface area contributed by atoms with Crippen molar-refractivity contribution < 1.29 is 9.84 Å². The van der Waals surface area contributed by atoms with Crippen LogP contribution in [-0.4, -0.2) is 17.2 Å². The first kappa shape index (κ1) is 12.6. The average molecular weight is 243 g/mol. The highest BCUT2D eigenvalue weighted by Crippen LogP contribution is 2.29. The molecule has 0 spiro atoms. The van der Waals surface area contributed by atoms with E-state index in [0.717, 1.165) is 22.6 Å². The van der Waals surface area contributed by atoms with Gasteiger partial charge in [-0.3, -0.25) is 4.98 Å². The lowest BCUT2D eigenvalue weighted by Gasteiger charge is -2.24. The maximum Gasteiger partial charge on any atom is 0.118 e. The van der Waals surface area contributed by atoms with Crippen LogP contribution in [0.1, 0.15) is 23.7 Å². The third kappa shape index (κ3) is 2.36. The molecule has 2 aromatic rings. The lowest BCUT2D eigenvalue weighted by atomic mass is 9.89. The minimum absolute atomic E-state index is 0.775. The molecule has 1 heterocycles. The molecule has 1 atom stereocenters. The largest absolute Gasteiger partial charge is 0.497 e. The summed E-state index contributed by atoms with van der Waals surface area (Å²) < 4.78 is 5.11. The Morgan fingerprint density at radius 1 is 1.06 bits per heavy atom. The minimum atomic E-state index is -1.05. The first-order valence-electron chi connectivity index (χ1n) is 5.84. The predicted molar refractivity (Wildman–Crippen MR) is 70.6 cm³/mol. The Labute approximate surface area is 107 Å². The quantitative estimate of drug-likeness (QED) is 0.901. The van der Waals surface area contributed by atoms with Gasteiger partial charge in [0.15, 0.2) is 0 Å². The van der Waals surface area contributed by atoms with Crippen LogP contribution >= 0.6 is 0 Å². The van der Waals surface area contributed by atoms with Crippen LogP contribution in [0.3, 0.4) is 0 Å². The summed E-state index contributed by atoms with van der Waals surface area (Å²) in [5, 5.41) is 10.6. The van der Waals surface area contributed by atoms with E-state index in [2.05, 4.69) is 4.98 Å². The minimum Gasteiger partial charge on any atom is -0.497 e. The molecule has 0 bridgehead atoms. The Morgan fingerprint density at radius 3 is 2.17 bits per heavy atom. The summed E-state index contributed by atoms with van der Waals surface area (Å²) in [7, 11) is 1.62. The van der Waals surface area contributed by atoms with Crippen LogP contribution < -0.4 is 4.74 Å². The molecule has 0 saturated heterocycles. The number of aromatic nitrogens is 1. The van der Waals surface area contributed by atoms with Gasteiger partial charge < -0.3 is 9.84 Å². The van der Waals surface area contributed by atoms with E-state index in [-0.39, 0.29) is 0 Å². The lowest BCUT2D eigenvalue weighted by molar-refractivity contribution is 0.102. The topological polar surface area (TPSA) is 42.4 Å². The molecule has 1 unspecified atom stereocenters. The van der Waals surface area contributed by atoms with Crippen molar-refractivity contribution >= 4 is 0 Å². The van der Waals surface area contributed by atoms with Crippen LogP contribution in [0.4, 0.5) is 0 Å². The van der Waals surface area contributed by atoms with Gasteiger partial charge in [-0.2, -0.15) is 0 Å². The molecule has 1 aromatic carbocycles. The molecule has 3 heteroatoms. The summed E-state index contributed by atoms with van der Waals surface area (Å²) >= 11 is 0. The van der Waals surface area contributed by atoms with Crippen molar-refractivity contribution in [1.82, 2.24) is 4.98 Å². The lowest BCUT2D eigenvalue weighted by Crippen LogP contribution is -2.22. The van der Waals surface area contributed by atoms with Gasteiger partial charge in [0, 0.05) is 17.5 Å². The van der Waals surface area contributed by atoms with Gasteiger partial charge in [-0.05, 0) is 37.6 Å². The number of ether oxygens (including phenoxy) is 1. The molecule has 1 N–H and O–H groups in total. The Bertz CT molecular complexity index is 515. The molecule has 2 rings (SSSR count). The second kappa shape index (κ2) is 4.78. The van der Waals surface area contributed by atoms with Gasteiger partial charge in [0.2, 0.25) is 0 Å². The van der Waals surface area contributed by atoms with Gasteiger partial charge in [0.1, 0.15) is 11.4 Å². The maximum atomic E-state index is 10.6. The fraction of sp³-hybridized carbons (Fsp3) is 0.267. The van der Waals surface area contributed by atoms with Gasteiger partial charge in [0.05, 0.1) is 7.11 Å². The van der Waals surface area contributed by atoms with Crippen molar-refractivity contribution in [2.24, 2.45) is 0 Å². The second-order valence-corrected chi connectivity index (χ2v) is 4.49. The van der Waals surface area contributed by atoms with Crippen molar-refractivity contribution in [3.05, 3.63) is 59.4 Å². The van der Waals surface area contributed by atoms with Gasteiger partial charge in [-0.25, -0.2) is 0 Å². The number of aliphatic hydroxyl groups is 1. The highest BCUT2D eigenvalue weighted by atomic mass is 16.5. The fourth-order valence-electron chi connectivity index (χ4n) is 1.84. The molecule has 1 aromatic heterocycles. The van der Waals surface area contributed by atoms with Crippen LogP contribution in [0.25, 0.3) is 0 Å². The molecule has 0 aliphatic heterocycles. The highest BCUT2D eigenvalue weighted by Gasteiger charge is 2.25. The van der Waals surface area contributed by atoms with E-state index in [0.29, 0.717) is 0 Å². The van der Waals surface area contributed by atoms with Gasteiger partial charge in [-0.15, -0.1) is 0 Å². The zero-order valence-corrected chi connectivity index (χ0v) is 10.8. The summed E-state index contributed by atoms with van der Waals surface area (Å²) in [4.78, 5) is 4.22. The van der Waals surface area contributed by atoms with E-state index in [1.165, 1.54) is 0 Å². The molecule has 0 fully saturated rings. The van der Waals surface area contributed by atoms with E-state index in [1.807, 2.05) is 43.3 Å². The molecular weight excluding hydrogens is 226 g/mol. The Balaban J connectivity index is 2.37. The molecule has 0 aliphatic rings. The molecule has 18 heavy (non-hydrogen) atoms. The summed E-state index contributed by atoms with van der Waals surface area (Å²) in [5.41, 5.74) is 1.48. The number of pyridine rings is 1. The van der Waals surface area contributed by atoms with E-state index in [1.54, 1.807) is 20.2 Å². The van der Waals surface area contributed by atoms with Crippen molar-refractivity contribution in [2.45, 2.75) is 19.4 Å². The molecule has 0 saturated carbocycles. The van der Waals surface area contributed by atoms with Gasteiger partial charge in [0.25, 0.3) is 0 Å². The van der Waals surface area contributed by atoms with Crippen molar-refractivity contribution in [3.8, 4) is 5.75 Å². The summed E-state index contributed by atoms with van der Waals surface area (Å²) in [5.74, 6) is 0.775. The molecule has 0 aliphatic carbocycles. The highest BCUT2D eigenvalue weighted by molar-refractivity contribution is 5.37. The molecule has 0 amide bonds. The number of nitrogens with zero attached hydrogens (tertiary/aromatic N) is 1. The maximum absolute atomic E-state index is 10.6. The summed E-state index contributed by atoms with van der Waals surface area (Å²) in [6.07, 6.45) is 1.71. The predicted octanol–water partition coefficient (Wildman–Crippen LogP) is 2.65. The SMILES string of the molecule is COc1ccc(C(C)(O)c2ccc(C)nc2)cc1. The zero-order valence-electron chi connectivity index (χ0n) is 10.8. The third-order valence-corrected chi connectivity index (χ3v) is 3.13. The molecular formula is C15H17NO2. The number of methoxy groups -OCH3 is 1. The second-order valence-electron chi connectivity index (χ2n) is 4.49. The number of hydrogen-bond acceptors (Lipinski definition) is 3. The summed E-state index contributed by atoms with van der Waals surface area (Å²) in [6.45, 7) is 3.69. The fourth-order valence-corrected chi connectivity index (χ4v) is 1.84. The average Bonchev–Trinajstić information content (AvgIpc) is 2.39. The van der Waals surface area contributed by atoms with Crippen molar-refractivity contribution in [1.29, 1.82) is 0 Å². The smallest absolute Gasteiger partial charge is 0.118 e. The molecule has 0 radical (unpaired) electrons. The monoisotopic (exact) mass is 243 g/mol. The zero-order chi connectivity index (χ0) is 13.2. The number of rotatable bonds is 3. The van der Waals surface area contributed by atoms with E-state index in [9.17, 15) is 5.11 Å². The first-order valence-corrected chi connectivity index (χ1v) is 5.84. The van der Waals surface area contributed by atoms with E-state index >= 15 is 0 Å². The third-order valence-electron chi connectivity index (χ3n) is 3.13. The van der Waals surface area contributed by atoms with Gasteiger partial charge in [-0.1, -0.05) is 18.2 Å². The number of aryl methyl sites for hydroxylation is 1. The first-order chi connectivity index (χ1) is 8.54. The Morgan fingerprint density at radius 2 is 1.67 bits per heavy atom. The number of hydrogen-bond donors (Lipinski definition) is 1. The number of benzene rings is 1. The van der Waals surface area contributed by atoms with Crippen LogP contribution in [0.15, 0.2) is 42.6 Å². The van der Waals surface area contributed by atoms with Crippen LogP contribution in [-0.2, 0) is 5.60 Å². The standard InChI is InChI=1S/C15H17NO2/c1-11-4-5-13(10-16-11)15(2,17)12-6-8-14(18-3)9-7-12/h4-10,17H,1-3H3. The Kier molecular flexibility index (Phi) is 3.34. The molecule has 3 nitrogen and oxygen atoms in total. The van der Waals surface area contributed by atoms with E-state index in [4.69, 9.17) is 4.74 Å². The Hall–Kier alpha value is -1.87. The normalized spacial score (nSPS) is 14.0. The van der Waals surface area contributed by atoms with Crippen LogP contribution in [0.5, 0.6) is 5.75 Å². The van der Waals surface area contributed by atoms with Crippen molar-refractivity contribution in [2.75, 3.05) is 7.11 Å². The van der Waals surface area contributed by atoms with Crippen LogP contribution in [0.2, 0.25) is 0 Å². The van der Waals surface area contributed by atoms with Crippen LogP contribution in [0, 0.1) is 6.92 Å². The van der Waals surface area contributed by atoms with E-state index < -0.39 is 5.60 Å². The van der Waals surface area contributed by atoms with Gasteiger partial charge >= 0.3 is 0 Å². The van der Waals surface area contributed by atoms with Crippen molar-refractivity contribution in [3.63, 3.8) is 0 Å². The summed E-state index contributed by atoms with van der Waals surface area (Å²) in [6, 6.07) is 11.2.